The molecule has 1 fully saturated rings. The number of carbonyl (C=O) groups excluding carboxylic acids is 1. The lowest BCUT2D eigenvalue weighted by molar-refractivity contribution is -0.144. The minimum atomic E-state index is -0.687. The molecule has 5 heteroatoms. The van der Waals surface area contributed by atoms with Crippen LogP contribution < -0.4 is 5.73 Å². The fraction of sp³-hybridized carbons (Fsp3) is 0.909. The van der Waals surface area contributed by atoms with Gasteiger partial charge >= 0.3 is 5.97 Å². The Morgan fingerprint density at radius 3 is 2.69 bits per heavy atom. The first-order valence-corrected chi connectivity index (χ1v) is 5.65. The Balaban J connectivity index is 2.24. The zero-order chi connectivity index (χ0) is 12.0. The summed E-state index contributed by atoms with van der Waals surface area (Å²) < 4.78 is 15.4. The van der Waals surface area contributed by atoms with Gasteiger partial charge in [-0.3, -0.25) is 4.79 Å². The van der Waals surface area contributed by atoms with Gasteiger partial charge in [-0.05, 0) is 25.7 Å². The minimum absolute atomic E-state index is 0.148. The molecule has 3 atom stereocenters. The van der Waals surface area contributed by atoms with Crippen LogP contribution in [-0.2, 0) is 19.0 Å². The van der Waals surface area contributed by atoms with Gasteiger partial charge in [0.2, 0.25) is 0 Å². The molecule has 2 N–H and O–H groups in total. The molecule has 0 amide bonds. The highest BCUT2D eigenvalue weighted by molar-refractivity contribution is 5.75. The van der Waals surface area contributed by atoms with Gasteiger partial charge < -0.3 is 19.9 Å². The van der Waals surface area contributed by atoms with Crippen molar-refractivity contribution < 1.29 is 19.0 Å². The number of nitrogens with two attached hydrogens (primary N) is 1. The molecule has 16 heavy (non-hydrogen) atoms. The molecule has 5 nitrogen and oxygen atoms in total. The van der Waals surface area contributed by atoms with Crippen LogP contribution in [0.15, 0.2) is 0 Å². The molecule has 0 aromatic rings. The molecule has 1 aliphatic rings. The van der Waals surface area contributed by atoms with E-state index in [2.05, 4.69) is 4.74 Å². The Morgan fingerprint density at radius 1 is 1.38 bits per heavy atom. The molecule has 0 aliphatic heterocycles. The van der Waals surface area contributed by atoms with Crippen LogP contribution in [0.3, 0.4) is 0 Å². The number of rotatable bonds is 5. The van der Waals surface area contributed by atoms with Crippen LogP contribution in [0.25, 0.3) is 0 Å². The summed E-state index contributed by atoms with van der Waals surface area (Å²) in [6.07, 6.45) is 4.48. The van der Waals surface area contributed by atoms with Crippen LogP contribution in [0.2, 0.25) is 0 Å². The van der Waals surface area contributed by atoms with E-state index in [9.17, 15) is 4.79 Å². The van der Waals surface area contributed by atoms with Crippen LogP contribution in [0, 0.1) is 0 Å². The molecule has 1 rings (SSSR count). The van der Waals surface area contributed by atoms with E-state index in [-0.39, 0.29) is 18.8 Å². The molecule has 0 radical (unpaired) electrons. The monoisotopic (exact) mass is 231 g/mol. The fourth-order valence-electron chi connectivity index (χ4n) is 1.93. The molecule has 0 heterocycles. The SMILES string of the molecule is COC(=O)C(N)COC1CCCC(OC)C1. The lowest BCUT2D eigenvalue weighted by Crippen LogP contribution is -2.38. The standard InChI is InChI=1S/C11H21NO4/c1-14-8-4-3-5-9(6-8)16-7-10(12)11(13)15-2/h8-10H,3-7,12H2,1-2H3. The summed E-state index contributed by atoms with van der Waals surface area (Å²) in [6, 6.07) is -0.687. The van der Waals surface area contributed by atoms with Gasteiger partial charge in [0.25, 0.3) is 0 Å². The van der Waals surface area contributed by atoms with E-state index in [0.717, 1.165) is 25.7 Å². The second-order valence-corrected chi connectivity index (χ2v) is 4.11. The molecule has 1 saturated carbocycles. The number of hydrogen-bond acceptors (Lipinski definition) is 5. The second-order valence-electron chi connectivity index (χ2n) is 4.11. The van der Waals surface area contributed by atoms with Crippen molar-refractivity contribution in [2.24, 2.45) is 5.73 Å². The molecule has 0 spiro atoms. The van der Waals surface area contributed by atoms with Gasteiger partial charge in [-0.25, -0.2) is 0 Å². The molecule has 1 aliphatic carbocycles. The Bertz CT molecular complexity index is 222. The zero-order valence-corrected chi connectivity index (χ0v) is 9.98. The average molecular weight is 231 g/mol. The van der Waals surface area contributed by atoms with Crippen molar-refractivity contribution in [3.63, 3.8) is 0 Å². The van der Waals surface area contributed by atoms with E-state index in [0.29, 0.717) is 0 Å². The van der Waals surface area contributed by atoms with Crippen LogP contribution >= 0.6 is 0 Å². The van der Waals surface area contributed by atoms with Crippen LogP contribution in [0.1, 0.15) is 25.7 Å². The van der Waals surface area contributed by atoms with Crippen LogP contribution in [0.4, 0.5) is 0 Å². The van der Waals surface area contributed by atoms with Crippen LogP contribution in [0.5, 0.6) is 0 Å². The van der Waals surface area contributed by atoms with E-state index >= 15 is 0 Å². The Labute approximate surface area is 96.2 Å². The molecular formula is C11H21NO4. The van der Waals surface area contributed by atoms with Gasteiger partial charge in [0, 0.05) is 7.11 Å². The summed E-state index contributed by atoms with van der Waals surface area (Å²) >= 11 is 0. The summed E-state index contributed by atoms with van der Waals surface area (Å²) in [7, 11) is 3.04. The number of hydrogen-bond donors (Lipinski definition) is 1. The van der Waals surface area contributed by atoms with Crippen LogP contribution in [-0.4, -0.2) is 45.0 Å². The predicted octanol–water partition coefficient (Wildman–Crippen LogP) is 0.461. The highest BCUT2D eigenvalue weighted by Gasteiger charge is 2.24. The third kappa shape index (κ3) is 4.08. The molecule has 3 unspecified atom stereocenters. The van der Waals surface area contributed by atoms with Gasteiger partial charge in [-0.15, -0.1) is 0 Å². The topological polar surface area (TPSA) is 70.8 Å². The van der Waals surface area contributed by atoms with Gasteiger partial charge in [-0.2, -0.15) is 0 Å². The maximum Gasteiger partial charge on any atom is 0.325 e. The highest BCUT2D eigenvalue weighted by Crippen LogP contribution is 2.22. The lowest BCUT2D eigenvalue weighted by atomic mass is 9.95. The number of methoxy groups -OCH3 is 2. The molecule has 0 saturated heterocycles. The third-order valence-electron chi connectivity index (χ3n) is 2.93. The summed E-state index contributed by atoms with van der Waals surface area (Å²) in [6.45, 7) is 0.216. The van der Waals surface area contributed by atoms with Crippen molar-refractivity contribution in [3.8, 4) is 0 Å². The van der Waals surface area contributed by atoms with Gasteiger partial charge in [0.05, 0.1) is 25.9 Å². The highest BCUT2D eigenvalue weighted by atomic mass is 16.5. The lowest BCUT2D eigenvalue weighted by Gasteiger charge is -2.28. The average Bonchev–Trinajstić information content (AvgIpc) is 2.35. The van der Waals surface area contributed by atoms with E-state index in [1.54, 1.807) is 7.11 Å². The summed E-state index contributed by atoms with van der Waals surface area (Å²) in [5, 5.41) is 0. The largest absolute Gasteiger partial charge is 0.468 e. The predicted molar refractivity (Wildman–Crippen MR) is 59.0 cm³/mol. The fourth-order valence-corrected chi connectivity index (χ4v) is 1.93. The van der Waals surface area contributed by atoms with Crippen molar-refractivity contribution >= 4 is 5.97 Å². The maximum absolute atomic E-state index is 11.1. The van der Waals surface area contributed by atoms with E-state index < -0.39 is 12.0 Å². The van der Waals surface area contributed by atoms with Crippen molar-refractivity contribution in [1.82, 2.24) is 0 Å². The van der Waals surface area contributed by atoms with Gasteiger partial charge in [0.15, 0.2) is 0 Å². The number of ether oxygens (including phenoxy) is 3. The number of carbonyl (C=O) groups is 1. The smallest absolute Gasteiger partial charge is 0.325 e. The van der Waals surface area contributed by atoms with Crippen molar-refractivity contribution in [2.75, 3.05) is 20.8 Å². The molecule has 0 aromatic carbocycles. The van der Waals surface area contributed by atoms with E-state index in [1.165, 1.54) is 7.11 Å². The Morgan fingerprint density at radius 2 is 2.06 bits per heavy atom. The van der Waals surface area contributed by atoms with E-state index in [1.807, 2.05) is 0 Å². The number of esters is 1. The molecule has 0 bridgehead atoms. The Hall–Kier alpha value is -0.650. The molecule has 0 aromatic heterocycles. The Kier molecular flexibility index (Phi) is 5.73. The third-order valence-corrected chi connectivity index (χ3v) is 2.93. The van der Waals surface area contributed by atoms with Crippen molar-refractivity contribution in [1.29, 1.82) is 0 Å². The molecule has 94 valence electrons. The first-order valence-electron chi connectivity index (χ1n) is 5.65. The first kappa shape index (κ1) is 13.4. The van der Waals surface area contributed by atoms with Crippen molar-refractivity contribution in [3.05, 3.63) is 0 Å². The quantitative estimate of drug-likeness (QED) is 0.696. The minimum Gasteiger partial charge on any atom is -0.468 e. The van der Waals surface area contributed by atoms with E-state index in [4.69, 9.17) is 15.2 Å². The normalized spacial score (nSPS) is 27.4. The first-order chi connectivity index (χ1) is 7.67. The van der Waals surface area contributed by atoms with Gasteiger partial charge in [0.1, 0.15) is 6.04 Å². The zero-order valence-electron chi connectivity index (χ0n) is 9.98. The maximum atomic E-state index is 11.1. The molecular weight excluding hydrogens is 210 g/mol. The summed E-state index contributed by atoms with van der Waals surface area (Å²) in [5.74, 6) is -0.431. The van der Waals surface area contributed by atoms with Gasteiger partial charge in [-0.1, -0.05) is 0 Å². The summed E-state index contributed by atoms with van der Waals surface area (Å²) in [4.78, 5) is 11.1. The summed E-state index contributed by atoms with van der Waals surface area (Å²) in [5.41, 5.74) is 5.58. The van der Waals surface area contributed by atoms with Crippen molar-refractivity contribution in [2.45, 2.75) is 43.9 Å². The second kappa shape index (κ2) is 6.83.